The number of aromatic nitrogens is 3. The molecule has 2 aromatic carbocycles. The first-order valence-electron chi connectivity index (χ1n) is 9.31. The van der Waals surface area contributed by atoms with Gasteiger partial charge in [-0.3, -0.25) is 0 Å². The molecule has 0 saturated carbocycles. The van der Waals surface area contributed by atoms with Crippen LogP contribution in [0.5, 0.6) is 5.75 Å². The van der Waals surface area contributed by atoms with Crippen LogP contribution in [0.2, 0.25) is 5.02 Å². The largest absolute Gasteiger partial charge is 0.494 e. The van der Waals surface area contributed by atoms with E-state index < -0.39 is 5.82 Å². The number of halogens is 2. The molecule has 0 fully saturated rings. The van der Waals surface area contributed by atoms with Gasteiger partial charge in [-0.25, -0.2) is 9.37 Å². The Balaban J connectivity index is 1.62. The lowest BCUT2D eigenvalue weighted by molar-refractivity contribution is 0.337. The van der Waals surface area contributed by atoms with Crippen molar-refractivity contribution in [2.24, 2.45) is 0 Å². The second-order valence-electron chi connectivity index (χ2n) is 6.64. The Morgan fingerprint density at radius 2 is 2.03 bits per heavy atom. The zero-order valence-electron chi connectivity index (χ0n) is 16.1. The minimum atomic E-state index is -0.452. The minimum absolute atomic E-state index is 0.0700. The smallest absolute Gasteiger partial charge is 0.165 e. The molecule has 1 N–H and O–H groups in total. The fourth-order valence-electron chi connectivity index (χ4n) is 3.15. The fraction of sp³-hybridized carbons (Fsp3) is 0.182. The van der Waals surface area contributed by atoms with E-state index in [1.165, 1.54) is 6.07 Å². The summed E-state index contributed by atoms with van der Waals surface area (Å²) in [6, 6.07) is 12.6. The number of ether oxygens (including phenoxy) is 1. The topological polar surface area (TPSA) is 51.5 Å². The van der Waals surface area contributed by atoms with Crippen LogP contribution < -0.4 is 10.1 Å². The molecule has 0 spiro atoms. The van der Waals surface area contributed by atoms with Crippen molar-refractivity contribution in [2.45, 2.75) is 20.4 Å². The standard InChI is InChI=1S/C22H20ClFN4O/c1-3-29-20-10-15(5-4-14(20)2)12-26-21-8-9-25-22-17(13-27-28(21)22)16-6-7-19(24)18(23)11-16/h4-11,13,26H,3,12H2,1-2H3. The number of fused-ring (bicyclic) bond motifs is 1. The second-order valence-corrected chi connectivity index (χ2v) is 7.05. The Kier molecular flexibility index (Phi) is 5.36. The molecule has 0 atom stereocenters. The first kappa shape index (κ1) is 19.2. The van der Waals surface area contributed by atoms with E-state index in [1.807, 2.05) is 26.0 Å². The van der Waals surface area contributed by atoms with Crippen molar-refractivity contribution in [2.75, 3.05) is 11.9 Å². The molecule has 0 bridgehead atoms. The van der Waals surface area contributed by atoms with Crippen molar-refractivity contribution in [3.8, 4) is 16.9 Å². The number of aryl methyl sites for hydroxylation is 1. The predicted octanol–water partition coefficient (Wildman–Crippen LogP) is 5.51. The zero-order valence-corrected chi connectivity index (χ0v) is 16.9. The van der Waals surface area contributed by atoms with E-state index in [4.69, 9.17) is 16.3 Å². The van der Waals surface area contributed by atoms with Gasteiger partial charge in [0, 0.05) is 18.3 Å². The molecule has 0 radical (unpaired) electrons. The van der Waals surface area contributed by atoms with Gasteiger partial charge in [0.2, 0.25) is 0 Å². The maximum atomic E-state index is 13.5. The lowest BCUT2D eigenvalue weighted by Crippen LogP contribution is -2.06. The maximum absolute atomic E-state index is 13.5. The van der Waals surface area contributed by atoms with E-state index >= 15 is 0 Å². The first-order chi connectivity index (χ1) is 14.1. The summed E-state index contributed by atoms with van der Waals surface area (Å²) in [7, 11) is 0. The van der Waals surface area contributed by atoms with Gasteiger partial charge >= 0.3 is 0 Å². The van der Waals surface area contributed by atoms with E-state index in [2.05, 4.69) is 27.5 Å². The molecule has 0 aliphatic carbocycles. The SMILES string of the molecule is CCOc1cc(CNc2ccnc3c(-c4ccc(F)c(Cl)c4)cnn23)ccc1C. The molecule has 2 aromatic heterocycles. The molecule has 29 heavy (non-hydrogen) atoms. The number of benzene rings is 2. The van der Waals surface area contributed by atoms with Gasteiger partial charge in [-0.2, -0.15) is 9.61 Å². The Hall–Kier alpha value is -3.12. The van der Waals surface area contributed by atoms with E-state index in [-0.39, 0.29) is 5.02 Å². The lowest BCUT2D eigenvalue weighted by atomic mass is 10.1. The number of rotatable bonds is 6. The normalized spacial score (nSPS) is 11.0. The number of hydrogen-bond acceptors (Lipinski definition) is 4. The molecular weight excluding hydrogens is 391 g/mol. The van der Waals surface area contributed by atoms with Crippen LogP contribution in [-0.2, 0) is 6.54 Å². The molecule has 0 unspecified atom stereocenters. The summed E-state index contributed by atoms with van der Waals surface area (Å²) >= 11 is 5.93. The summed E-state index contributed by atoms with van der Waals surface area (Å²) in [6.07, 6.45) is 3.42. The molecule has 0 aliphatic rings. The summed E-state index contributed by atoms with van der Waals surface area (Å²) in [5, 5.41) is 7.92. The molecule has 7 heteroatoms. The van der Waals surface area contributed by atoms with Gasteiger partial charge in [0.05, 0.1) is 17.8 Å². The highest BCUT2D eigenvalue weighted by Gasteiger charge is 2.12. The number of nitrogens with zero attached hydrogens (tertiary/aromatic N) is 3. The van der Waals surface area contributed by atoms with Crippen molar-refractivity contribution < 1.29 is 9.13 Å². The monoisotopic (exact) mass is 410 g/mol. The minimum Gasteiger partial charge on any atom is -0.494 e. The van der Waals surface area contributed by atoms with Crippen LogP contribution in [0.1, 0.15) is 18.1 Å². The lowest BCUT2D eigenvalue weighted by Gasteiger charge is -2.11. The zero-order chi connectivity index (χ0) is 20.4. The Morgan fingerprint density at radius 3 is 2.83 bits per heavy atom. The fourth-order valence-corrected chi connectivity index (χ4v) is 3.33. The molecule has 0 aliphatic heterocycles. The summed E-state index contributed by atoms with van der Waals surface area (Å²) < 4.78 is 20.9. The molecular formula is C22H20ClFN4O. The van der Waals surface area contributed by atoms with Gasteiger partial charge in [0.15, 0.2) is 5.65 Å². The highest BCUT2D eigenvalue weighted by Crippen LogP contribution is 2.28. The summed E-state index contributed by atoms with van der Waals surface area (Å²) in [6.45, 7) is 5.24. The molecule has 148 valence electrons. The number of hydrogen-bond donors (Lipinski definition) is 1. The van der Waals surface area contributed by atoms with Crippen LogP contribution in [0.15, 0.2) is 54.9 Å². The third kappa shape index (κ3) is 3.89. The second kappa shape index (κ2) is 8.09. The molecule has 4 rings (SSSR count). The number of anilines is 1. The third-order valence-corrected chi connectivity index (χ3v) is 4.95. The summed E-state index contributed by atoms with van der Waals surface area (Å²) in [4.78, 5) is 4.44. The van der Waals surface area contributed by atoms with Crippen LogP contribution >= 0.6 is 11.6 Å². The van der Waals surface area contributed by atoms with Gasteiger partial charge < -0.3 is 10.1 Å². The van der Waals surface area contributed by atoms with Crippen LogP contribution in [0, 0.1) is 12.7 Å². The van der Waals surface area contributed by atoms with Crippen molar-refractivity contribution in [1.82, 2.24) is 14.6 Å². The van der Waals surface area contributed by atoms with E-state index in [0.717, 1.165) is 33.8 Å². The molecule has 5 nitrogen and oxygen atoms in total. The van der Waals surface area contributed by atoms with Crippen LogP contribution in [-0.4, -0.2) is 21.2 Å². The summed E-state index contributed by atoms with van der Waals surface area (Å²) in [5.74, 6) is 1.24. The van der Waals surface area contributed by atoms with E-state index in [1.54, 1.807) is 29.0 Å². The quantitative estimate of drug-likeness (QED) is 0.455. The maximum Gasteiger partial charge on any atom is 0.165 e. The molecule has 0 amide bonds. The van der Waals surface area contributed by atoms with Crippen LogP contribution in [0.25, 0.3) is 16.8 Å². The van der Waals surface area contributed by atoms with Gasteiger partial charge in [-0.1, -0.05) is 29.8 Å². The molecule has 2 heterocycles. The molecule has 0 saturated heterocycles. The van der Waals surface area contributed by atoms with Crippen LogP contribution in [0.4, 0.5) is 10.2 Å². The Morgan fingerprint density at radius 1 is 1.17 bits per heavy atom. The molecule has 4 aromatic rings. The third-order valence-electron chi connectivity index (χ3n) is 4.66. The highest BCUT2D eigenvalue weighted by atomic mass is 35.5. The Labute approximate surface area is 173 Å². The van der Waals surface area contributed by atoms with Crippen LogP contribution in [0.3, 0.4) is 0 Å². The van der Waals surface area contributed by atoms with E-state index in [9.17, 15) is 4.39 Å². The van der Waals surface area contributed by atoms with Crippen molar-refractivity contribution in [3.63, 3.8) is 0 Å². The van der Waals surface area contributed by atoms with Gasteiger partial charge in [-0.15, -0.1) is 0 Å². The van der Waals surface area contributed by atoms with Gasteiger partial charge in [0.25, 0.3) is 0 Å². The summed E-state index contributed by atoms with van der Waals surface area (Å²) in [5.41, 5.74) is 4.41. The average molecular weight is 411 g/mol. The predicted molar refractivity (Wildman–Crippen MR) is 113 cm³/mol. The van der Waals surface area contributed by atoms with Crippen molar-refractivity contribution in [3.05, 3.63) is 76.8 Å². The Bertz CT molecular complexity index is 1170. The van der Waals surface area contributed by atoms with E-state index in [0.29, 0.717) is 18.8 Å². The van der Waals surface area contributed by atoms with Crippen molar-refractivity contribution >= 4 is 23.1 Å². The van der Waals surface area contributed by atoms with Crippen molar-refractivity contribution in [1.29, 1.82) is 0 Å². The number of nitrogens with one attached hydrogen (secondary N) is 1. The average Bonchev–Trinajstić information content (AvgIpc) is 3.15. The van der Waals surface area contributed by atoms with Gasteiger partial charge in [0.1, 0.15) is 17.4 Å². The highest BCUT2D eigenvalue weighted by molar-refractivity contribution is 6.31. The first-order valence-corrected chi connectivity index (χ1v) is 9.69. The van der Waals surface area contributed by atoms with Gasteiger partial charge in [-0.05, 0) is 54.8 Å².